The van der Waals surface area contributed by atoms with Crippen LogP contribution in [0.3, 0.4) is 0 Å². The van der Waals surface area contributed by atoms with Gasteiger partial charge in [-0.05, 0) is 23.3 Å². The minimum absolute atomic E-state index is 0.165. The van der Waals surface area contributed by atoms with Gasteiger partial charge in [-0.15, -0.1) is 0 Å². The van der Waals surface area contributed by atoms with E-state index in [-0.39, 0.29) is 11.1 Å². The Morgan fingerprint density at radius 3 is 2.40 bits per heavy atom. The van der Waals surface area contributed by atoms with Crippen LogP contribution in [0, 0.1) is 0 Å². The van der Waals surface area contributed by atoms with Crippen molar-refractivity contribution in [3.05, 3.63) is 53.6 Å². The third-order valence-corrected chi connectivity index (χ3v) is 4.12. The number of benzene rings is 2. The van der Waals surface area contributed by atoms with Gasteiger partial charge in [0.25, 0.3) is 5.66 Å². The molecule has 5 heteroatoms. The quantitative estimate of drug-likeness (QED) is 0.860. The number of fused-ring (bicyclic) bond motifs is 3. The van der Waals surface area contributed by atoms with Crippen LogP contribution in [0.2, 0.25) is 0 Å². The molecule has 1 N–H and O–H groups in total. The maximum Gasteiger partial charge on any atom is 0.295 e. The lowest BCUT2D eigenvalue weighted by Crippen LogP contribution is -2.40. The standard InChI is InChI=1S/C15H13F2O2P/c1-19-9-6-7-11-10-4-2-3-5-12(10)14(18,13(11)8-9)15(16,17)20/h2-8,18H,20H2,1H3. The molecule has 0 aromatic heterocycles. The van der Waals surface area contributed by atoms with Crippen molar-refractivity contribution in [1.82, 2.24) is 0 Å². The van der Waals surface area contributed by atoms with Crippen LogP contribution < -0.4 is 4.74 Å². The van der Waals surface area contributed by atoms with Crippen molar-refractivity contribution in [3.8, 4) is 16.9 Å². The molecule has 2 aromatic rings. The second-order valence-corrected chi connectivity index (χ2v) is 5.52. The van der Waals surface area contributed by atoms with Crippen LogP contribution in [-0.2, 0) is 5.60 Å². The Balaban J connectivity index is 2.37. The van der Waals surface area contributed by atoms with Gasteiger partial charge in [-0.1, -0.05) is 39.6 Å². The van der Waals surface area contributed by atoms with Gasteiger partial charge >= 0.3 is 0 Å². The van der Waals surface area contributed by atoms with Crippen molar-refractivity contribution in [3.63, 3.8) is 0 Å². The fraction of sp³-hybridized carbons (Fsp3) is 0.200. The summed E-state index contributed by atoms with van der Waals surface area (Å²) in [6, 6.07) is 11.5. The molecule has 0 bridgehead atoms. The van der Waals surface area contributed by atoms with Crippen molar-refractivity contribution in [2.75, 3.05) is 7.11 Å². The second-order valence-electron chi connectivity index (χ2n) is 4.79. The molecule has 2 aromatic carbocycles. The number of hydrogen-bond acceptors (Lipinski definition) is 2. The van der Waals surface area contributed by atoms with Crippen LogP contribution in [0.4, 0.5) is 8.78 Å². The van der Waals surface area contributed by atoms with Gasteiger partial charge < -0.3 is 9.84 Å². The van der Waals surface area contributed by atoms with E-state index in [4.69, 9.17) is 4.74 Å². The molecular weight excluding hydrogens is 281 g/mol. The second kappa shape index (κ2) is 4.24. The molecule has 0 saturated heterocycles. The van der Waals surface area contributed by atoms with Crippen LogP contribution in [0.1, 0.15) is 11.1 Å². The summed E-state index contributed by atoms with van der Waals surface area (Å²) < 4.78 is 33.2. The van der Waals surface area contributed by atoms with E-state index >= 15 is 0 Å². The molecule has 0 amide bonds. The molecular formula is C15H13F2O2P. The average Bonchev–Trinajstić information content (AvgIpc) is 2.70. The lowest BCUT2D eigenvalue weighted by atomic mass is 9.91. The zero-order valence-electron chi connectivity index (χ0n) is 10.7. The summed E-state index contributed by atoms with van der Waals surface area (Å²) in [5.41, 5.74) is -4.15. The van der Waals surface area contributed by atoms with Gasteiger partial charge in [0.2, 0.25) is 0 Å². The molecule has 0 heterocycles. The molecule has 1 aliphatic rings. The molecule has 1 aliphatic carbocycles. The van der Waals surface area contributed by atoms with Gasteiger partial charge in [0.05, 0.1) is 7.11 Å². The number of aliphatic hydroxyl groups is 1. The zero-order chi connectivity index (χ0) is 14.5. The predicted molar refractivity (Wildman–Crippen MR) is 76.1 cm³/mol. The summed E-state index contributed by atoms with van der Waals surface area (Å²) >= 11 is 0. The highest BCUT2D eigenvalue weighted by Crippen LogP contribution is 2.56. The Hall–Kier alpha value is -1.51. The molecule has 2 nitrogen and oxygen atoms in total. The minimum atomic E-state index is -3.39. The van der Waals surface area contributed by atoms with E-state index in [1.54, 1.807) is 30.3 Å². The van der Waals surface area contributed by atoms with E-state index in [9.17, 15) is 13.9 Å². The van der Waals surface area contributed by atoms with E-state index < -0.39 is 11.3 Å². The summed E-state index contributed by atoms with van der Waals surface area (Å²) in [5.74, 6) is 0.434. The molecule has 0 saturated carbocycles. The van der Waals surface area contributed by atoms with Gasteiger partial charge in [0.15, 0.2) is 5.60 Å². The fourth-order valence-electron chi connectivity index (χ4n) is 2.72. The normalized spacial score (nSPS) is 20.4. The number of methoxy groups -OCH3 is 1. The lowest BCUT2D eigenvalue weighted by molar-refractivity contribution is -0.0964. The van der Waals surface area contributed by atoms with Gasteiger partial charge in [0, 0.05) is 11.1 Å². The Kier molecular flexibility index (Phi) is 2.86. The summed E-state index contributed by atoms with van der Waals surface area (Å²) in [7, 11) is 2.90. The molecule has 2 atom stereocenters. The summed E-state index contributed by atoms with van der Waals surface area (Å²) in [5, 5.41) is 10.7. The topological polar surface area (TPSA) is 29.5 Å². The van der Waals surface area contributed by atoms with Crippen molar-refractivity contribution in [2.45, 2.75) is 11.3 Å². The first-order chi connectivity index (χ1) is 9.39. The van der Waals surface area contributed by atoms with Crippen molar-refractivity contribution >= 4 is 9.24 Å². The predicted octanol–water partition coefficient (Wildman–Crippen LogP) is 3.38. The van der Waals surface area contributed by atoms with Crippen molar-refractivity contribution < 1.29 is 18.6 Å². The molecule has 0 fully saturated rings. The van der Waals surface area contributed by atoms with Crippen LogP contribution >= 0.6 is 9.24 Å². The van der Waals surface area contributed by atoms with Crippen molar-refractivity contribution in [2.24, 2.45) is 0 Å². The highest BCUT2D eigenvalue weighted by molar-refractivity contribution is 7.18. The fourth-order valence-corrected chi connectivity index (χ4v) is 3.03. The lowest BCUT2D eigenvalue weighted by Gasteiger charge is -2.31. The minimum Gasteiger partial charge on any atom is -0.497 e. The average molecular weight is 294 g/mol. The Morgan fingerprint density at radius 2 is 1.75 bits per heavy atom. The first-order valence-corrected chi connectivity index (χ1v) is 6.65. The number of halogens is 2. The summed E-state index contributed by atoms with van der Waals surface area (Å²) in [4.78, 5) is 0. The molecule has 0 spiro atoms. The highest BCUT2D eigenvalue weighted by Gasteiger charge is 2.56. The summed E-state index contributed by atoms with van der Waals surface area (Å²) in [6.45, 7) is 0. The van der Waals surface area contributed by atoms with E-state index in [1.807, 2.05) is 0 Å². The Morgan fingerprint density at radius 1 is 1.10 bits per heavy atom. The van der Waals surface area contributed by atoms with Crippen LogP contribution in [0.5, 0.6) is 5.75 Å². The molecule has 2 unspecified atom stereocenters. The zero-order valence-corrected chi connectivity index (χ0v) is 11.9. The first-order valence-electron chi connectivity index (χ1n) is 6.07. The Bertz CT molecular complexity index is 682. The number of alkyl halides is 2. The van der Waals surface area contributed by atoms with Gasteiger partial charge in [0.1, 0.15) is 5.75 Å². The smallest absolute Gasteiger partial charge is 0.295 e. The van der Waals surface area contributed by atoms with E-state index in [0.717, 1.165) is 0 Å². The van der Waals surface area contributed by atoms with Crippen molar-refractivity contribution in [1.29, 1.82) is 0 Å². The molecule has 3 rings (SSSR count). The third kappa shape index (κ3) is 1.62. The highest BCUT2D eigenvalue weighted by atomic mass is 31.0. The third-order valence-electron chi connectivity index (χ3n) is 3.71. The molecule has 0 aliphatic heterocycles. The largest absolute Gasteiger partial charge is 0.497 e. The SMILES string of the molecule is COc1ccc2c(c1)C(O)(C(F)(F)P)c1ccccc1-2. The maximum absolute atomic E-state index is 14.1. The van der Waals surface area contributed by atoms with Crippen LogP contribution in [0.25, 0.3) is 11.1 Å². The summed E-state index contributed by atoms with van der Waals surface area (Å²) in [6.07, 6.45) is 0. The van der Waals surface area contributed by atoms with E-state index in [1.165, 1.54) is 28.5 Å². The van der Waals surface area contributed by atoms with Gasteiger partial charge in [-0.25, -0.2) is 0 Å². The number of hydrogen-bond donors (Lipinski definition) is 1. The Labute approximate surface area is 117 Å². The van der Waals surface area contributed by atoms with Gasteiger partial charge in [-0.3, -0.25) is 0 Å². The molecule has 104 valence electrons. The monoisotopic (exact) mass is 294 g/mol. The van der Waals surface area contributed by atoms with Gasteiger partial charge in [-0.2, -0.15) is 8.78 Å². The first kappa shape index (κ1) is 13.5. The van der Waals surface area contributed by atoms with Crippen LogP contribution in [0.15, 0.2) is 42.5 Å². The van der Waals surface area contributed by atoms with E-state index in [0.29, 0.717) is 16.9 Å². The molecule has 0 radical (unpaired) electrons. The number of ether oxygens (including phenoxy) is 1. The molecule has 20 heavy (non-hydrogen) atoms. The van der Waals surface area contributed by atoms with Crippen LogP contribution in [-0.4, -0.2) is 17.9 Å². The van der Waals surface area contributed by atoms with E-state index in [2.05, 4.69) is 0 Å². The maximum atomic E-state index is 14.1. The number of rotatable bonds is 2.